The Morgan fingerprint density at radius 1 is 1.00 bits per heavy atom. The summed E-state index contributed by atoms with van der Waals surface area (Å²) in [5.41, 5.74) is -0.307. The highest BCUT2D eigenvalue weighted by Gasteiger charge is 2.40. The van der Waals surface area contributed by atoms with Crippen LogP contribution in [0.4, 0.5) is 0 Å². The van der Waals surface area contributed by atoms with Crippen molar-refractivity contribution in [3.8, 4) is 0 Å². The van der Waals surface area contributed by atoms with Gasteiger partial charge in [-0.15, -0.1) is 0 Å². The van der Waals surface area contributed by atoms with E-state index in [2.05, 4.69) is 0 Å². The van der Waals surface area contributed by atoms with Crippen molar-refractivity contribution in [1.82, 2.24) is 0 Å². The van der Waals surface area contributed by atoms with Gasteiger partial charge < -0.3 is 0 Å². The molecule has 2 saturated carbocycles. The minimum absolute atomic E-state index is 0.0483. The first-order valence-electron chi connectivity index (χ1n) is 8.14. The molecule has 0 aromatic carbocycles. The fraction of sp³-hybridized carbons (Fsp3) is 0.933. The monoisotopic (exact) mass is 302 g/mol. The van der Waals surface area contributed by atoms with E-state index < -0.39 is 7.60 Å². The predicted molar refractivity (Wildman–Crippen MR) is 78.8 cm³/mol. The van der Waals surface area contributed by atoms with Crippen molar-refractivity contribution in [1.29, 1.82) is 0 Å². The van der Waals surface area contributed by atoms with Gasteiger partial charge in [-0.25, -0.2) is 0 Å². The number of unbranched alkanes of at least 4 members (excludes halogenated alkanes) is 1. The van der Waals surface area contributed by atoms with E-state index in [0.717, 1.165) is 64.2 Å². The third-order valence-corrected chi connectivity index (χ3v) is 6.22. The van der Waals surface area contributed by atoms with Gasteiger partial charge in [-0.3, -0.25) is 18.4 Å². The largest absolute Gasteiger partial charge is 0.397 e. The smallest absolute Gasteiger partial charge is 0.300 e. The molecule has 0 heterocycles. The lowest BCUT2D eigenvalue weighted by Crippen LogP contribution is -2.17. The summed E-state index contributed by atoms with van der Waals surface area (Å²) >= 11 is 0. The quantitative estimate of drug-likeness (QED) is 0.603. The Kier molecular flexibility index (Phi) is 6.25. The second kappa shape index (κ2) is 7.72. The van der Waals surface area contributed by atoms with Crippen molar-refractivity contribution in [2.45, 2.75) is 89.8 Å². The standard InChI is InChI=1S/C15H27O4P/c1-2-3-12-15(16)20(17,18-13-8-4-5-9-13)19-14-10-6-7-11-14/h13-14H,2-12H2,1H3. The Balaban J connectivity index is 1.99. The van der Waals surface area contributed by atoms with Crippen LogP contribution in [0.1, 0.15) is 77.6 Å². The first-order valence-corrected chi connectivity index (χ1v) is 9.68. The molecule has 0 bridgehead atoms. The lowest BCUT2D eigenvalue weighted by Gasteiger charge is -2.23. The van der Waals surface area contributed by atoms with Crippen LogP contribution in [0.2, 0.25) is 0 Å². The van der Waals surface area contributed by atoms with Crippen molar-refractivity contribution < 1.29 is 18.4 Å². The van der Waals surface area contributed by atoms with Crippen molar-refractivity contribution in [3.63, 3.8) is 0 Å². The van der Waals surface area contributed by atoms with Gasteiger partial charge in [0.25, 0.3) is 0 Å². The first-order chi connectivity index (χ1) is 9.64. The average molecular weight is 302 g/mol. The van der Waals surface area contributed by atoms with E-state index in [9.17, 15) is 9.36 Å². The molecule has 116 valence electrons. The summed E-state index contributed by atoms with van der Waals surface area (Å²) in [7, 11) is -3.58. The molecule has 0 saturated heterocycles. The molecule has 0 atom stereocenters. The van der Waals surface area contributed by atoms with Gasteiger partial charge in [0.1, 0.15) is 0 Å². The molecule has 5 heteroatoms. The summed E-state index contributed by atoms with van der Waals surface area (Å²) in [6.45, 7) is 2.02. The zero-order valence-corrected chi connectivity index (χ0v) is 13.4. The van der Waals surface area contributed by atoms with E-state index in [-0.39, 0.29) is 17.7 Å². The van der Waals surface area contributed by atoms with Crippen molar-refractivity contribution in [2.75, 3.05) is 0 Å². The lowest BCUT2D eigenvalue weighted by atomic mass is 10.3. The summed E-state index contributed by atoms with van der Waals surface area (Å²) in [6.07, 6.45) is 9.87. The van der Waals surface area contributed by atoms with Crippen molar-refractivity contribution in [3.05, 3.63) is 0 Å². The third kappa shape index (κ3) is 4.41. The first kappa shape index (κ1) is 16.2. The molecule has 0 aliphatic heterocycles. The number of hydrogen-bond donors (Lipinski definition) is 0. The van der Waals surface area contributed by atoms with E-state index in [1.165, 1.54) is 0 Å². The highest BCUT2D eigenvalue weighted by atomic mass is 31.2. The van der Waals surface area contributed by atoms with Crippen LogP contribution in [-0.4, -0.2) is 17.7 Å². The Bertz CT molecular complexity index is 335. The number of carbonyl (C=O) groups is 1. The van der Waals surface area contributed by atoms with Gasteiger partial charge in [0.15, 0.2) is 0 Å². The number of rotatable bonds is 8. The topological polar surface area (TPSA) is 52.6 Å². The van der Waals surface area contributed by atoms with Gasteiger partial charge >= 0.3 is 7.60 Å². The highest BCUT2D eigenvalue weighted by molar-refractivity contribution is 7.71. The maximum absolute atomic E-state index is 12.9. The Morgan fingerprint density at radius 2 is 1.45 bits per heavy atom. The molecule has 0 aromatic rings. The van der Waals surface area contributed by atoms with Gasteiger partial charge in [-0.2, -0.15) is 0 Å². The lowest BCUT2D eigenvalue weighted by molar-refractivity contribution is -0.114. The summed E-state index contributed by atoms with van der Waals surface area (Å²) in [5, 5.41) is 0. The molecule has 20 heavy (non-hydrogen) atoms. The minimum Gasteiger partial charge on any atom is -0.300 e. The predicted octanol–water partition coefficient (Wildman–Crippen LogP) is 4.81. The van der Waals surface area contributed by atoms with Gasteiger partial charge in [-0.1, -0.05) is 39.0 Å². The van der Waals surface area contributed by atoms with Crippen LogP contribution in [0, 0.1) is 0 Å². The molecule has 0 N–H and O–H groups in total. The zero-order chi connectivity index (χ0) is 14.4. The van der Waals surface area contributed by atoms with Gasteiger partial charge in [0.2, 0.25) is 5.52 Å². The molecule has 2 aliphatic carbocycles. The third-order valence-electron chi connectivity index (χ3n) is 4.23. The van der Waals surface area contributed by atoms with Crippen LogP contribution in [0.5, 0.6) is 0 Å². The van der Waals surface area contributed by atoms with E-state index >= 15 is 0 Å². The Morgan fingerprint density at radius 3 is 1.85 bits per heavy atom. The maximum atomic E-state index is 12.9. The SMILES string of the molecule is CCCCC(=O)P(=O)(OC1CCCC1)OC1CCCC1. The van der Waals surface area contributed by atoms with Gasteiger partial charge in [0, 0.05) is 6.42 Å². The molecule has 2 fully saturated rings. The van der Waals surface area contributed by atoms with Crippen LogP contribution in [0.15, 0.2) is 0 Å². The molecule has 0 aromatic heterocycles. The second-order valence-electron chi connectivity index (χ2n) is 6.02. The molecule has 0 amide bonds. The summed E-state index contributed by atoms with van der Waals surface area (Å²) in [6, 6.07) is 0. The Hall–Kier alpha value is -0.180. The molecular weight excluding hydrogens is 275 g/mol. The molecule has 4 nitrogen and oxygen atoms in total. The van der Waals surface area contributed by atoms with Crippen LogP contribution in [0.25, 0.3) is 0 Å². The molecule has 0 unspecified atom stereocenters. The van der Waals surface area contributed by atoms with Crippen LogP contribution in [-0.2, 0) is 18.4 Å². The molecule has 0 radical (unpaired) electrons. The van der Waals surface area contributed by atoms with Crippen LogP contribution < -0.4 is 0 Å². The van der Waals surface area contributed by atoms with Crippen LogP contribution in [0.3, 0.4) is 0 Å². The number of carbonyl (C=O) groups excluding carboxylic acids is 1. The summed E-state index contributed by atoms with van der Waals surface area (Å²) in [4.78, 5) is 12.3. The molecular formula is C15H27O4P. The van der Waals surface area contributed by atoms with E-state index in [1.807, 2.05) is 6.92 Å². The Labute approximate surface area is 122 Å². The second-order valence-corrected chi connectivity index (χ2v) is 7.93. The fourth-order valence-corrected chi connectivity index (χ4v) is 4.91. The molecule has 2 rings (SSSR count). The van der Waals surface area contributed by atoms with Crippen molar-refractivity contribution >= 4 is 13.1 Å². The van der Waals surface area contributed by atoms with Crippen molar-refractivity contribution in [2.24, 2.45) is 0 Å². The highest BCUT2D eigenvalue weighted by Crippen LogP contribution is 2.55. The van der Waals surface area contributed by atoms with Crippen LogP contribution >= 0.6 is 7.60 Å². The van der Waals surface area contributed by atoms with E-state index in [0.29, 0.717) is 6.42 Å². The minimum atomic E-state index is -3.58. The van der Waals surface area contributed by atoms with Gasteiger partial charge in [0.05, 0.1) is 12.2 Å². The number of hydrogen-bond acceptors (Lipinski definition) is 4. The summed E-state index contributed by atoms with van der Waals surface area (Å²) in [5.74, 6) is 0. The van der Waals surface area contributed by atoms with E-state index in [4.69, 9.17) is 9.05 Å². The normalized spacial score (nSPS) is 21.6. The average Bonchev–Trinajstić information content (AvgIpc) is 3.09. The van der Waals surface area contributed by atoms with E-state index in [1.54, 1.807) is 0 Å². The summed E-state index contributed by atoms with van der Waals surface area (Å²) < 4.78 is 24.3. The molecule has 0 spiro atoms. The molecule has 2 aliphatic rings. The van der Waals surface area contributed by atoms with Gasteiger partial charge in [-0.05, 0) is 32.1 Å². The zero-order valence-electron chi connectivity index (χ0n) is 12.5. The maximum Gasteiger partial charge on any atom is 0.397 e. The fourth-order valence-electron chi connectivity index (χ4n) is 2.99.